The third-order valence-corrected chi connectivity index (χ3v) is 13.5. The molecule has 4 heterocycles. The summed E-state index contributed by atoms with van der Waals surface area (Å²) in [6, 6.07) is 11.7. The SMILES string of the molecule is CO[C@H]1/C=C/C[C@H](C)CS(=O)(Nc2nc(N(C)C)nc3nn(C)cc23)=NC(=O)c2ccc3c(c2)N(C[C@H](C)[C@H]1C)C[C@@]1(CCCc2cc(Cl)ccc21)CO3. The smallest absolute Gasteiger partial charge is 0.286 e. The molecule has 0 saturated carbocycles. The van der Waals surface area contributed by atoms with Gasteiger partial charge in [0.15, 0.2) is 11.5 Å². The highest BCUT2D eigenvalue weighted by Gasteiger charge is 2.42. The van der Waals surface area contributed by atoms with Crippen molar-refractivity contribution in [1.82, 2.24) is 19.7 Å². The Morgan fingerprint density at radius 3 is 2.72 bits per heavy atom. The molecule has 7 rings (SSSR count). The molecule has 3 aliphatic rings. The number of anilines is 3. The van der Waals surface area contributed by atoms with Crippen molar-refractivity contribution >= 4 is 55.9 Å². The van der Waals surface area contributed by atoms with Gasteiger partial charge in [0.2, 0.25) is 5.95 Å². The van der Waals surface area contributed by atoms with Crippen LogP contribution in [0.25, 0.3) is 11.0 Å². The molecule has 2 aromatic heterocycles. The fraction of sp³-hybridized carbons (Fsp3) is 0.500. The molecule has 2 aliphatic heterocycles. The predicted octanol–water partition coefficient (Wildman–Crippen LogP) is 7.07. The number of ether oxygens (including phenoxy) is 2. The van der Waals surface area contributed by atoms with Crippen LogP contribution in [0, 0.1) is 17.8 Å². The molecule has 12 nitrogen and oxygen atoms in total. The number of fused-ring (bicyclic) bond motifs is 4. The first-order valence-corrected chi connectivity index (χ1v) is 20.8. The number of allylic oxidation sites excluding steroid dienone is 1. The minimum Gasteiger partial charge on any atom is -0.490 e. The number of aryl methyl sites for hydroxylation is 2. The molecule has 1 amide bonds. The van der Waals surface area contributed by atoms with E-state index in [0.29, 0.717) is 60.2 Å². The minimum atomic E-state index is -3.42. The molecule has 1 aliphatic carbocycles. The lowest BCUT2D eigenvalue weighted by Crippen LogP contribution is -2.47. The first-order chi connectivity index (χ1) is 25.8. The second-order valence-electron chi connectivity index (χ2n) is 15.7. The lowest BCUT2D eigenvalue weighted by Gasteiger charge is -2.42. The molecule has 54 heavy (non-hydrogen) atoms. The Bertz CT molecular complexity index is 2210. The summed E-state index contributed by atoms with van der Waals surface area (Å²) in [5.41, 5.74) is 3.86. The molecule has 14 heteroatoms. The highest BCUT2D eigenvalue weighted by atomic mass is 35.5. The van der Waals surface area contributed by atoms with Crippen LogP contribution in [0.4, 0.5) is 17.5 Å². The summed E-state index contributed by atoms with van der Waals surface area (Å²) in [5.74, 6) is 1.22. The molecule has 1 spiro atoms. The van der Waals surface area contributed by atoms with Gasteiger partial charge in [0.1, 0.15) is 15.7 Å². The van der Waals surface area contributed by atoms with E-state index in [0.717, 1.165) is 30.0 Å². The summed E-state index contributed by atoms with van der Waals surface area (Å²) in [6.45, 7) is 8.43. The fourth-order valence-corrected chi connectivity index (χ4v) is 10.3. The maximum Gasteiger partial charge on any atom is 0.286 e. The van der Waals surface area contributed by atoms with Gasteiger partial charge in [0.25, 0.3) is 5.91 Å². The van der Waals surface area contributed by atoms with Gasteiger partial charge in [-0.1, -0.05) is 50.6 Å². The Balaban J connectivity index is 1.34. The number of nitrogens with one attached hydrogen (secondary N) is 1. The van der Waals surface area contributed by atoms with Gasteiger partial charge in [-0.2, -0.15) is 15.1 Å². The molecule has 0 saturated heterocycles. The van der Waals surface area contributed by atoms with E-state index in [2.05, 4.69) is 62.2 Å². The van der Waals surface area contributed by atoms with Crippen molar-refractivity contribution in [2.75, 3.05) is 61.2 Å². The number of aromatic nitrogens is 4. The van der Waals surface area contributed by atoms with Crippen LogP contribution >= 0.6 is 11.6 Å². The third-order valence-electron chi connectivity index (χ3n) is 11.2. The van der Waals surface area contributed by atoms with E-state index in [9.17, 15) is 4.79 Å². The van der Waals surface area contributed by atoms with E-state index < -0.39 is 15.8 Å². The predicted molar refractivity (Wildman–Crippen MR) is 216 cm³/mol. The normalized spacial score (nSPS) is 28.1. The van der Waals surface area contributed by atoms with Gasteiger partial charge in [0.05, 0.1) is 29.5 Å². The highest BCUT2D eigenvalue weighted by molar-refractivity contribution is 7.95. The summed E-state index contributed by atoms with van der Waals surface area (Å²) in [7, 11) is 3.78. The standard InChI is InChI=1S/C40H51ClN8O4S/c1-25-10-8-12-34(52-7)27(3)26(2)20-49-23-40(17-9-11-28-18-30(41)14-15-32(28)40)24-53-35-16-13-29(19-33(35)49)38(50)46-54(51,22-25)45-37-31-21-48(6)44-36(31)42-39(43-37)47(4)5/h8,12-16,18-19,21,25-27,34H,9-11,17,20,22-24H2,1-7H3,(H,42,43,44,45,46,50,51)/b12-8+/t25-,26-,27+,34-,40-,54?/m0/s1. The highest BCUT2D eigenvalue weighted by Crippen LogP contribution is 2.45. The summed E-state index contributed by atoms with van der Waals surface area (Å²) >= 11 is 6.48. The maximum atomic E-state index is 15.1. The Morgan fingerprint density at radius 2 is 1.94 bits per heavy atom. The van der Waals surface area contributed by atoms with E-state index >= 15 is 4.21 Å². The molecule has 2 bridgehead atoms. The van der Waals surface area contributed by atoms with Crippen molar-refractivity contribution < 1.29 is 18.5 Å². The zero-order valence-electron chi connectivity index (χ0n) is 32.2. The number of hydrogen-bond donors (Lipinski definition) is 1. The van der Waals surface area contributed by atoms with E-state index in [4.69, 9.17) is 26.1 Å². The first kappa shape index (κ1) is 38.1. The zero-order valence-corrected chi connectivity index (χ0v) is 33.8. The Kier molecular flexibility index (Phi) is 10.7. The Hall–Kier alpha value is -4.20. The van der Waals surface area contributed by atoms with Gasteiger partial charge in [-0.3, -0.25) is 14.2 Å². The number of benzene rings is 2. The molecule has 4 aromatic rings. The number of halogens is 1. The molecule has 2 aromatic carbocycles. The van der Waals surface area contributed by atoms with Gasteiger partial charge in [-0.25, -0.2) is 4.21 Å². The molecule has 0 radical (unpaired) electrons. The number of hydrogen-bond acceptors (Lipinski definition) is 9. The second-order valence-corrected chi connectivity index (χ2v) is 18.1. The Morgan fingerprint density at radius 1 is 1.13 bits per heavy atom. The average Bonchev–Trinajstić information content (AvgIpc) is 3.44. The van der Waals surface area contributed by atoms with E-state index in [1.807, 2.05) is 39.2 Å². The van der Waals surface area contributed by atoms with Crippen LogP contribution in [0.1, 0.15) is 61.5 Å². The van der Waals surface area contributed by atoms with Gasteiger partial charge >= 0.3 is 0 Å². The van der Waals surface area contributed by atoms with Crippen LogP contribution in [0.15, 0.2) is 59.1 Å². The number of carbonyl (C=O) groups is 1. The maximum absolute atomic E-state index is 15.1. The van der Waals surface area contributed by atoms with Crippen LogP contribution in [-0.4, -0.2) is 82.6 Å². The Labute approximate surface area is 323 Å². The molecule has 1 N–H and O–H groups in total. The molecule has 288 valence electrons. The molecule has 1 unspecified atom stereocenters. The van der Waals surface area contributed by atoms with Gasteiger partial charge in [-0.15, -0.1) is 4.36 Å². The van der Waals surface area contributed by atoms with Crippen LogP contribution in [0.2, 0.25) is 5.02 Å². The van der Waals surface area contributed by atoms with E-state index in [1.54, 1.807) is 36.0 Å². The summed E-state index contributed by atoms with van der Waals surface area (Å²) < 4.78 is 37.1. The summed E-state index contributed by atoms with van der Waals surface area (Å²) in [6.07, 6.45) is 9.45. The van der Waals surface area contributed by atoms with Gasteiger partial charge < -0.3 is 19.3 Å². The zero-order chi connectivity index (χ0) is 38.4. The van der Waals surface area contributed by atoms with Crippen LogP contribution in [0.5, 0.6) is 5.75 Å². The topological polar surface area (TPSA) is 127 Å². The second kappa shape index (κ2) is 15.1. The van der Waals surface area contributed by atoms with Crippen molar-refractivity contribution in [3.05, 3.63) is 76.5 Å². The van der Waals surface area contributed by atoms with Crippen molar-refractivity contribution in [3.8, 4) is 5.75 Å². The van der Waals surface area contributed by atoms with Crippen molar-refractivity contribution in [2.24, 2.45) is 29.2 Å². The van der Waals surface area contributed by atoms with Gasteiger partial charge in [0, 0.05) is 63.5 Å². The summed E-state index contributed by atoms with van der Waals surface area (Å²) in [5, 5.41) is 5.80. The largest absolute Gasteiger partial charge is 0.490 e. The van der Waals surface area contributed by atoms with E-state index in [-0.39, 0.29) is 35.0 Å². The molecule has 0 fully saturated rings. The van der Waals surface area contributed by atoms with Crippen LogP contribution in [0.3, 0.4) is 0 Å². The minimum absolute atomic E-state index is 0.0991. The lowest BCUT2D eigenvalue weighted by atomic mass is 9.70. The number of carbonyl (C=O) groups excluding carboxylic acids is 1. The average molecular weight is 775 g/mol. The number of amides is 1. The lowest BCUT2D eigenvalue weighted by molar-refractivity contribution is 0.0743. The molecule has 6 atom stereocenters. The quantitative estimate of drug-likeness (QED) is 0.217. The monoisotopic (exact) mass is 774 g/mol. The van der Waals surface area contributed by atoms with Crippen molar-refractivity contribution in [3.63, 3.8) is 0 Å². The number of methoxy groups -OCH3 is 1. The fourth-order valence-electron chi connectivity index (χ4n) is 8.18. The summed E-state index contributed by atoms with van der Waals surface area (Å²) in [4.78, 5) is 27.7. The van der Waals surface area contributed by atoms with Crippen LogP contribution in [-0.2, 0) is 33.5 Å². The first-order valence-electron chi connectivity index (χ1n) is 18.7. The van der Waals surface area contributed by atoms with E-state index in [1.165, 1.54) is 11.1 Å². The third kappa shape index (κ3) is 7.67. The number of rotatable bonds is 4. The molecular weight excluding hydrogens is 724 g/mol. The number of nitrogens with zero attached hydrogens (tertiary/aromatic N) is 7. The van der Waals surface area contributed by atoms with Crippen molar-refractivity contribution in [2.45, 2.75) is 58.0 Å². The van der Waals surface area contributed by atoms with Crippen LogP contribution < -0.4 is 19.3 Å². The van der Waals surface area contributed by atoms with Crippen molar-refractivity contribution in [1.29, 1.82) is 0 Å². The van der Waals surface area contributed by atoms with Gasteiger partial charge in [-0.05, 0) is 84.9 Å². The molecular formula is C40H51ClN8O4S.